The maximum atomic E-state index is 10.6. The zero-order chi connectivity index (χ0) is 12.7. The second-order valence-corrected chi connectivity index (χ2v) is 6.16. The second-order valence-electron chi connectivity index (χ2n) is 6.16. The first kappa shape index (κ1) is 12.2. The third kappa shape index (κ3) is 1.98. The molecule has 2 nitrogen and oxygen atoms in total. The second kappa shape index (κ2) is 4.67. The van der Waals surface area contributed by atoms with Crippen LogP contribution in [0.5, 0.6) is 0 Å². The summed E-state index contributed by atoms with van der Waals surface area (Å²) in [4.78, 5) is 2.51. The quantitative estimate of drug-likeness (QED) is 0.822. The number of aliphatic hydroxyl groups excluding tert-OH is 1. The van der Waals surface area contributed by atoms with Crippen LogP contribution in [0.2, 0.25) is 0 Å². The Kier molecular flexibility index (Phi) is 3.16. The predicted molar refractivity (Wildman–Crippen MR) is 73.4 cm³/mol. The van der Waals surface area contributed by atoms with Crippen LogP contribution in [0.3, 0.4) is 0 Å². The molecule has 1 fully saturated rings. The molecule has 0 spiro atoms. The van der Waals surface area contributed by atoms with Gasteiger partial charge in [0, 0.05) is 19.1 Å². The Labute approximate surface area is 110 Å². The topological polar surface area (TPSA) is 23.5 Å². The molecule has 1 heterocycles. The largest absolute Gasteiger partial charge is 0.387 e. The molecular weight excluding hydrogens is 222 g/mol. The summed E-state index contributed by atoms with van der Waals surface area (Å²) < 4.78 is 0. The molecule has 2 aliphatic rings. The molecule has 3 rings (SSSR count). The molecule has 0 saturated carbocycles. The standard InChI is InChI=1S/C16H23NO/c1-11-9-17(10-12(11)2)15-8-7-13-5-3-4-6-14(13)16(15)18/h3-6,11-12,15-16,18H,7-10H2,1-2H3. The molecule has 4 unspecified atom stereocenters. The van der Waals surface area contributed by atoms with E-state index < -0.39 is 0 Å². The van der Waals surface area contributed by atoms with E-state index in [1.54, 1.807) is 0 Å². The van der Waals surface area contributed by atoms with Crippen molar-refractivity contribution >= 4 is 0 Å². The van der Waals surface area contributed by atoms with Crippen LogP contribution >= 0.6 is 0 Å². The van der Waals surface area contributed by atoms with Crippen LogP contribution in [-0.2, 0) is 6.42 Å². The first-order valence-corrected chi connectivity index (χ1v) is 7.16. The van der Waals surface area contributed by atoms with Gasteiger partial charge in [0.15, 0.2) is 0 Å². The van der Waals surface area contributed by atoms with Crippen LogP contribution in [0, 0.1) is 11.8 Å². The van der Waals surface area contributed by atoms with Crippen LogP contribution in [0.1, 0.15) is 37.5 Å². The molecule has 0 bridgehead atoms. The van der Waals surface area contributed by atoms with Crippen molar-refractivity contribution in [3.05, 3.63) is 35.4 Å². The average molecular weight is 245 g/mol. The maximum Gasteiger partial charge on any atom is 0.0947 e. The summed E-state index contributed by atoms with van der Waals surface area (Å²) in [6.45, 7) is 6.94. The fourth-order valence-corrected chi connectivity index (χ4v) is 3.55. The van der Waals surface area contributed by atoms with E-state index in [0.29, 0.717) is 6.04 Å². The normalized spacial score (nSPS) is 36.6. The van der Waals surface area contributed by atoms with Gasteiger partial charge in [0.05, 0.1) is 6.10 Å². The molecule has 0 radical (unpaired) electrons. The summed E-state index contributed by atoms with van der Waals surface area (Å²) >= 11 is 0. The molecule has 18 heavy (non-hydrogen) atoms. The maximum absolute atomic E-state index is 10.6. The first-order chi connectivity index (χ1) is 8.66. The summed E-state index contributed by atoms with van der Waals surface area (Å²) in [5, 5.41) is 10.6. The van der Waals surface area contributed by atoms with Gasteiger partial charge in [0.25, 0.3) is 0 Å². The number of aryl methyl sites for hydroxylation is 1. The Balaban J connectivity index is 1.81. The lowest BCUT2D eigenvalue weighted by molar-refractivity contribution is 0.0461. The highest BCUT2D eigenvalue weighted by atomic mass is 16.3. The number of nitrogens with zero attached hydrogens (tertiary/aromatic N) is 1. The van der Waals surface area contributed by atoms with Crippen molar-refractivity contribution in [1.82, 2.24) is 4.90 Å². The molecule has 1 aromatic rings. The smallest absolute Gasteiger partial charge is 0.0947 e. The zero-order valence-corrected chi connectivity index (χ0v) is 11.3. The van der Waals surface area contributed by atoms with Crippen molar-refractivity contribution in [2.75, 3.05) is 13.1 Å². The minimum Gasteiger partial charge on any atom is -0.387 e. The van der Waals surface area contributed by atoms with Crippen molar-refractivity contribution in [2.24, 2.45) is 11.8 Å². The van der Waals surface area contributed by atoms with Gasteiger partial charge in [-0.1, -0.05) is 38.1 Å². The van der Waals surface area contributed by atoms with Crippen LogP contribution < -0.4 is 0 Å². The van der Waals surface area contributed by atoms with E-state index in [4.69, 9.17) is 0 Å². The summed E-state index contributed by atoms with van der Waals surface area (Å²) in [5.41, 5.74) is 2.49. The fraction of sp³-hybridized carbons (Fsp3) is 0.625. The number of aliphatic hydroxyl groups is 1. The molecule has 98 valence electrons. The minimum absolute atomic E-state index is 0.299. The van der Waals surface area contributed by atoms with Gasteiger partial charge in [-0.25, -0.2) is 0 Å². The van der Waals surface area contributed by atoms with Crippen LogP contribution in [0.25, 0.3) is 0 Å². The van der Waals surface area contributed by atoms with E-state index in [9.17, 15) is 5.11 Å². The Bertz CT molecular complexity index is 421. The third-order valence-corrected chi connectivity index (χ3v) is 4.93. The van der Waals surface area contributed by atoms with Gasteiger partial charge >= 0.3 is 0 Å². The lowest BCUT2D eigenvalue weighted by Crippen LogP contribution is -2.41. The molecule has 0 aromatic heterocycles. The molecule has 2 heteroatoms. The van der Waals surface area contributed by atoms with Crippen molar-refractivity contribution in [3.63, 3.8) is 0 Å². The predicted octanol–water partition coefficient (Wildman–Crippen LogP) is 2.62. The van der Waals surface area contributed by atoms with Gasteiger partial charge in [0.2, 0.25) is 0 Å². The van der Waals surface area contributed by atoms with Crippen LogP contribution in [0.15, 0.2) is 24.3 Å². The highest BCUT2D eigenvalue weighted by molar-refractivity contribution is 5.32. The number of rotatable bonds is 1. The van der Waals surface area contributed by atoms with Gasteiger partial charge < -0.3 is 5.11 Å². The molecule has 1 aliphatic carbocycles. The minimum atomic E-state index is -0.299. The van der Waals surface area contributed by atoms with E-state index in [1.807, 2.05) is 6.07 Å². The van der Waals surface area contributed by atoms with Crippen molar-refractivity contribution in [1.29, 1.82) is 0 Å². The molecule has 1 N–H and O–H groups in total. The highest BCUT2D eigenvalue weighted by Crippen LogP contribution is 2.36. The van der Waals surface area contributed by atoms with Crippen molar-refractivity contribution in [3.8, 4) is 0 Å². The Morgan fingerprint density at radius 1 is 1.11 bits per heavy atom. The summed E-state index contributed by atoms with van der Waals surface area (Å²) in [6, 6.07) is 8.69. The Morgan fingerprint density at radius 2 is 1.78 bits per heavy atom. The van der Waals surface area contributed by atoms with Gasteiger partial charge in [-0.15, -0.1) is 0 Å². The third-order valence-electron chi connectivity index (χ3n) is 4.93. The SMILES string of the molecule is CC1CN(C2CCc3ccccc3C2O)CC1C. The lowest BCUT2D eigenvalue weighted by atomic mass is 9.85. The molecule has 0 amide bonds. The summed E-state index contributed by atoms with van der Waals surface area (Å²) in [5.74, 6) is 1.52. The highest BCUT2D eigenvalue weighted by Gasteiger charge is 2.37. The molecule has 1 saturated heterocycles. The molecule has 1 aliphatic heterocycles. The molecular formula is C16H23NO. The van der Waals surface area contributed by atoms with Gasteiger partial charge in [0.1, 0.15) is 0 Å². The van der Waals surface area contributed by atoms with E-state index >= 15 is 0 Å². The van der Waals surface area contributed by atoms with Crippen molar-refractivity contribution < 1.29 is 5.11 Å². The van der Waals surface area contributed by atoms with Crippen LogP contribution in [0.4, 0.5) is 0 Å². The van der Waals surface area contributed by atoms with E-state index in [0.717, 1.165) is 43.3 Å². The van der Waals surface area contributed by atoms with Crippen LogP contribution in [-0.4, -0.2) is 29.1 Å². The van der Waals surface area contributed by atoms with E-state index in [-0.39, 0.29) is 6.10 Å². The van der Waals surface area contributed by atoms with E-state index in [2.05, 4.69) is 36.9 Å². The first-order valence-electron chi connectivity index (χ1n) is 7.16. The summed E-state index contributed by atoms with van der Waals surface area (Å²) in [7, 11) is 0. The Morgan fingerprint density at radius 3 is 2.50 bits per heavy atom. The fourth-order valence-electron chi connectivity index (χ4n) is 3.55. The van der Waals surface area contributed by atoms with Gasteiger partial charge in [-0.2, -0.15) is 0 Å². The zero-order valence-electron chi connectivity index (χ0n) is 11.3. The Hall–Kier alpha value is -0.860. The summed E-state index contributed by atoms with van der Waals surface area (Å²) in [6.07, 6.45) is 1.90. The monoisotopic (exact) mass is 245 g/mol. The van der Waals surface area contributed by atoms with E-state index in [1.165, 1.54) is 5.56 Å². The average Bonchev–Trinajstić information content (AvgIpc) is 2.70. The molecule has 1 aromatic carbocycles. The number of benzene rings is 1. The number of likely N-dealkylation sites (tertiary alicyclic amines) is 1. The van der Waals surface area contributed by atoms with Crippen molar-refractivity contribution in [2.45, 2.75) is 38.8 Å². The lowest BCUT2D eigenvalue weighted by Gasteiger charge is -2.36. The molecule has 4 atom stereocenters. The number of hydrogen-bond acceptors (Lipinski definition) is 2. The number of fused-ring (bicyclic) bond motifs is 1. The van der Waals surface area contributed by atoms with Gasteiger partial charge in [-0.05, 0) is 35.8 Å². The van der Waals surface area contributed by atoms with Gasteiger partial charge in [-0.3, -0.25) is 4.90 Å². The number of hydrogen-bond donors (Lipinski definition) is 1.